The van der Waals surface area contributed by atoms with Crippen molar-refractivity contribution in [3.8, 4) is 11.5 Å². The summed E-state index contributed by atoms with van der Waals surface area (Å²) >= 11 is 0. The van der Waals surface area contributed by atoms with Gasteiger partial charge in [0.1, 0.15) is 6.23 Å². The van der Waals surface area contributed by atoms with E-state index in [-0.39, 0.29) is 6.23 Å². The third-order valence-corrected chi connectivity index (χ3v) is 4.89. The molecule has 0 saturated heterocycles. The molecule has 4 heteroatoms. The van der Waals surface area contributed by atoms with Crippen LogP contribution in [0.1, 0.15) is 58.4 Å². The van der Waals surface area contributed by atoms with Crippen molar-refractivity contribution in [1.82, 2.24) is 4.90 Å². The minimum atomic E-state index is -0.358. The SMILES string of the molecule is CCC(CC(C)CCN(CC)C(C)O)c1ccc2c(c1)OCO2. The minimum Gasteiger partial charge on any atom is -0.454 e. The van der Waals surface area contributed by atoms with E-state index in [0.29, 0.717) is 18.6 Å². The molecule has 1 aliphatic rings. The van der Waals surface area contributed by atoms with Gasteiger partial charge < -0.3 is 14.6 Å². The van der Waals surface area contributed by atoms with Gasteiger partial charge in [-0.25, -0.2) is 0 Å². The molecule has 0 aliphatic carbocycles. The summed E-state index contributed by atoms with van der Waals surface area (Å²) in [7, 11) is 0. The first-order chi connectivity index (χ1) is 11.0. The van der Waals surface area contributed by atoms with Crippen molar-refractivity contribution in [2.45, 2.75) is 59.1 Å². The van der Waals surface area contributed by atoms with Crippen molar-refractivity contribution in [3.63, 3.8) is 0 Å². The lowest BCUT2D eigenvalue weighted by Crippen LogP contribution is -2.34. The molecular weight excluding hydrogens is 290 g/mol. The fraction of sp³-hybridized carbons (Fsp3) is 0.684. The third-order valence-electron chi connectivity index (χ3n) is 4.89. The van der Waals surface area contributed by atoms with Gasteiger partial charge in [0.15, 0.2) is 11.5 Å². The fourth-order valence-corrected chi connectivity index (χ4v) is 3.30. The van der Waals surface area contributed by atoms with Crippen LogP contribution in [0.3, 0.4) is 0 Å². The molecule has 0 spiro atoms. The summed E-state index contributed by atoms with van der Waals surface area (Å²) in [6, 6.07) is 6.33. The topological polar surface area (TPSA) is 41.9 Å². The van der Waals surface area contributed by atoms with E-state index in [2.05, 4.69) is 37.8 Å². The van der Waals surface area contributed by atoms with Gasteiger partial charge in [-0.15, -0.1) is 0 Å². The third kappa shape index (κ3) is 4.85. The average Bonchev–Trinajstić information content (AvgIpc) is 3.00. The fourth-order valence-electron chi connectivity index (χ4n) is 3.30. The van der Waals surface area contributed by atoms with E-state index in [4.69, 9.17) is 9.47 Å². The van der Waals surface area contributed by atoms with Gasteiger partial charge in [0.05, 0.1) is 0 Å². The highest BCUT2D eigenvalue weighted by Gasteiger charge is 2.19. The monoisotopic (exact) mass is 321 g/mol. The Balaban J connectivity index is 1.91. The highest BCUT2D eigenvalue weighted by Crippen LogP contribution is 2.37. The van der Waals surface area contributed by atoms with Crippen molar-refractivity contribution in [2.75, 3.05) is 19.9 Å². The first-order valence-corrected chi connectivity index (χ1v) is 8.86. The molecule has 3 unspecified atom stereocenters. The van der Waals surface area contributed by atoms with Crippen molar-refractivity contribution < 1.29 is 14.6 Å². The Kier molecular flexibility index (Phi) is 6.72. The van der Waals surface area contributed by atoms with E-state index >= 15 is 0 Å². The number of aliphatic hydroxyl groups is 1. The summed E-state index contributed by atoms with van der Waals surface area (Å²) in [5, 5.41) is 9.72. The summed E-state index contributed by atoms with van der Waals surface area (Å²) in [6.07, 6.45) is 3.04. The lowest BCUT2D eigenvalue weighted by Gasteiger charge is -2.26. The molecule has 23 heavy (non-hydrogen) atoms. The van der Waals surface area contributed by atoms with Gasteiger partial charge in [-0.1, -0.05) is 26.8 Å². The molecule has 130 valence electrons. The Hall–Kier alpha value is -1.26. The summed E-state index contributed by atoms with van der Waals surface area (Å²) in [6.45, 7) is 10.7. The second-order valence-corrected chi connectivity index (χ2v) is 6.61. The zero-order valence-corrected chi connectivity index (χ0v) is 14.9. The number of ether oxygens (including phenoxy) is 2. The predicted molar refractivity (Wildman–Crippen MR) is 92.9 cm³/mol. The molecule has 0 bridgehead atoms. The maximum absolute atomic E-state index is 9.72. The zero-order chi connectivity index (χ0) is 16.8. The molecule has 2 rings (SSSR count). The van der Waals surface area contributed by atoms with Crippen molar-refractivity contribution >= 4 is 0 Å². The van der Waals surface area contributed by atoms with Gasteiger partial charge in [-0.2, -0.15) is 0 Å². The smallest absolute Gasteiger partial charge is 0.231 e. The average molecular weight is 321 g/mol. The molecule has 0 fully saturated rings. The summed E-state index contributed by atoms with van der Waals surface area (Å²) in [4.78, 5) is 2.11. The molecule has 0 saturated carbocycles. The van der Waals surface area contributed by atoms with E-state index in [9.17, 15) is 5.11 Å². The highest BCUT2D eigenvalue weighted by molar-refractivity contribution is 5.45. The van der Waals surface area contributed by atoms with Gasteiger partial charge in [0.25, 0.3) is 0 Å². The first-order valence-electron chi connectivity index (χ1n) is 8.86. The molecule has 0 amide bonds. The summed E-state index contributed by atoms with van der Waals surface area (Å²) in [5.74, 6) is 2.89. The molecule has 1 aromatic rings. The molecule has 3 atom stereocenters. The number of nitrogens with zero attached hydrogens (tertiary/aromatic N) is 1. The normalized spacial score (nSPS) is 17.3. The quantitative estimate of drug-likeness (QED) is 0.698. The second-order valence-electron chi connectivity index (χ2n) is 6.61. The maximum atomic E-state index is 9.72. The van der Waals surface area contributed by atoms with E-state index < -0.39 is 0 Å². The van der Waals surface area contributed by atoms with Crippen LogP contribution >= 0.6 is 0 Å². The molecular formula is C19H31NO3. The van der Waals surface area contributed by atoms with Crippen molar-refractivity contribution in [1.29, 1.82) is 0 Å². The summed E-state index contributed by atoms with van der Waals surface area (Å²) < 4.78 is 10.9. The van der Waals surface area contributed by atoms with Crippen LogP contribution < -0.4 is 9.47 Å². The molecule has 1 N–H and O–H groups in total. The Morgan fingerprint density at radius 1 is 1.17 bits per heavy atom. The number of rotatable bonds is 9. The number of aliphatic hydroxyl groups excluding tert-OH is 1. The Labute approximate surface area is 140 Å². The molecule has 0 aromatic heterocycles. The Bertz CT molecular complexity index is 490. The number of hydrogen-bond acceptors (Lipinski definition) is 4. The number of hydrogen-bond donors (Lipinski definition) is 1. The van der Waals surface area contributed by atoms with E-state index in [0.717, 1.165) is 43.9 Å². The van der Waals surface area contributed by atoms with Crippen LogP contribution in [-0.2, 0) is 0 Å². The molecule has 1 aliphatic heterocycles. The van der Waals surface area contributed by atoms with Crippen LogP contribution in [0.4, 0.5) is 0 Å². The van der Waals surface area contributed by atoms with E-state index in [1.54, 1.807) is 0 Å². The van der Waals surface area contributed by atoms with Crippen LogP contribution in [0.2, 0.25) is 0 Å². The lowest BCUT2D eigenvalue weighted by molar-refractivity contribution is 0.0190. The minimum absolute atomic E-state index is 0.332. The van der Waals surface area contributed by atoms with Gasteiger partial charge in [-0.05, 0) is 62.3 Å². The first kappa shape index (κ1) is 18.1. The Morgan fingerprint density at radius 2 is 1.91 bits per heavy atom. The number of fused-ring (bicyclic) bond motifs is 1. The van der Waals surface area contributed by atoms with E-state index in [1.165, 1.54) is 5.56 Å². The van der Waals surface area contributed by atoms with Gasteiger partial charge in [0.2, 0.25) is 6.79 Å². The zero-order valence-electron chi connectivity index (χ0n) is 14.9. The molecule has 4 nitrogen and oxygen atoms in total. The summed E-state index contributed by atoms with van der Waals surface area (Å²) in [5.41, 5.74) is 1.34. The van der Waals surface area contributed by atoms with Crippen LogP contribution in [0, 0.1) is 5.92 Å². The lowest BCUT2D eigenvalue weighted by atomic mass is 9.86. The largest absolute Gasteiger partial charge is 0.454 e. The van der Waals surface area contributed by atoms with Crippen molar-refractivity contribution in [2.24, 2.45) is 5.92 Å². The van der Waals surface area contributed by atoms with Gasteiger partial charge >= 0.3 is 0 Å². The molecule has 1 heterocycles. The standard InChI is InChI=1S/C19H31NO3/c1-5-16(11-14(3)9-10-20(6-2)15(4)21)17-7-8-18-19(12-17)23-13-22-18/h7-8,12,14-16,21H,5-6,9-11,13H2,1-4H3. The highest BCUT2D eigenvalue weighted by atomic mass is 16.7. The predicted octanol–water partition coefficient (Wildman–Crippen LogP) is 3.99. The van der Waals surface area contributed by atoms with Gasteiger partial charge in [0, 0.05) is 6.54 Å². The number of benzene rings is 1. The van der Waals surface area contributed by atoms with Crippen LogP contribution in [-0.4, -0.2) is 36.1 Å². The van der Waals surface area contributed by atoms with Crippen LogP contribution in [0.5, 0.6) is 11.5 Å². The maximum Gasteiger partial charge on any atom is 0.231 e. The molecule has 0 radical (unpaired) electrons. The van der Waals surface area contributed by atoms with E-state index in [1.807, 2.05) is 13.0 Å². The van der Waals surface area contributed by atoms with Crippen LogP contribution in [0.15, 0.2) is 18.2 Å². The van der Waals surface area contributed by atoms with Gasteiger partial charge in [-0.3, -0.25) is 4.90 Å². The molecule has 1 aromatic carbocycles. The Morgan fingerprint density at radius 3 is 2.57 bits per heavy atom. The van der Waals surface area contributed by atoms with Crippen molar-refractivity contribution in [3.05, 3.63) is 23.8 Å². The van der Waals surface area contributed by atoms with Crippen LogP contribution in [0.25, 0.3) is 0 Å². The second kappa shape index (κ2) is 8.55.